The first-order valence-electron chi connectivity index (χ1n) is 4.38. The molecule has 1 rings (SSSR count). The predicted octanol–water partition coefficient (Wildman–Crippen LogP) is 2.73. The lowest BCUT2D eigenvalue weighted by molar-refractivity contribution is -0.115. The Balaban J connectivity index is 3.05. The summed E-state index contributed by atoms with van der Waals surface area (Å²) in [6, 6.07) is 4.30. The Morgan fingerprint density at radius 1 is 1.50 bits per heavy atom. The van der Waals surface area contributed by atoms with Crippen LogP contribution in [0.2, 0.25) is 0 Å². The van der Waals surface area contributed by atoms with Gasteiger partial charge in [0.2, 0.25) is 5.91 Å². The van der Waals surface area contributed by atoms with E-state index in [1.54, 1.807) is 6.92 Å². The van der Waals surface area contributed by atoms with E-state index in [1.165, 1.54) is 18.2 Å². The SMILES string of the molecule is CCC(=O)Nc1ccc(S(=O)(=O)Cl)c(Br)c1. The highest BCUT2D eigenvalue weighted by molar-refractivity contribution is 9.10. The van der Waals surface area contributed by atoms with Crippen LogP contribution in [0.3, 0.4) is 0 Å². The molecule has 0 unspecified atom stereocenters. The zero-order chi connectivity index (χ0) is 12.3. The molecule has 0 aliphatic carbocycles. The molecule has 0 saturated carbocycles. The molecule has 1 amide bonds. The van der Waals surface area contributed by atoms with Gasteiger partial charge in [0.05, 0.1) is 4.90 Å². The van der Waals surface area contributed by atoms with Crippen LogP contribution in [0, 0.1) is 0 Å². The minimum absolute atomic E-state index is 0.0244. The Morgan fingerprint density at radius 2 is 2.12 bits per heavy atom. The van der Waals surface area contributed by atoms with Crippen molar-refractivity contribution < 1.29 is 13.2 Å². The van der Waals surface area contributed by atoms with Crippen molar-refractivity contribution in [1.29, 1.82) is 0 Å². The van der Waals surface area contributed by atoms with Crippen LogP contribution in [0.15, 0.2) is 27.6 Å². The van der Waals surface area contributed by atoms with Crippen LogP contribution in [0.5, 0.6) is 0 Å². The van der Waals surface area contributed by atoms with Gasteiger partial charge in [0.25, 0.3) is 9.05 Å². The van der Waals surface area contributed by atoms with Gasteiger partial charge in [-0.25, -0.2) is 8.42 Å². The van der Waals surface area contributed by atoms with Crippen LogP contribution in [-0.4, -0.2) is 14.3 Å². The maximum atomic E-state index is 11.1. The second kappa shape index (κ2) is 5.16. The fraction of sp³-hybridized carbons (Fsp3) is 0.222. The van der Waals surface area contributed by atoms with E-state index in [4.69, 9.17) is 10.7 Å². The van der Waals surface area contributed by atoms with Crippen molar-refractivity contribution in [3.63, 3.8) is 0 Å². The Bertz CT molecular complexity index is 515. The van der Waals surface area contributed by atoms with E-state index < -0.39 is 9.05 Å². The number of hydrogen-bond acceptors (Lipinski definition) is 3. The number of anilines is 1. The normalized spacial score (nSPS) is 11.2. The number of rotatable bonds is 3. The summed E-state index contributed by atoms with van der Waals surface area (Å²) < 4.78 is 22.5. The van der Waals surface area contributed by atoms with E-state index in [9.17, 15) is 13.2 Å². The number of carbonyl (C=O) groups is 1. The Morgan fingerprint density at radius 3 is 2.56 bits per heavy atom. The van der Waals surface area contributed by atoms with Crippen molar-refractivity contribution in [3.8, 4) is 0 Å². The van der Waals surface area contributed by atoms with Gasteiger partial charge in [0.1, 0.15) is 0 Å². The van der Waals surface area contributed by atoms with E-state index in [-0.39, 0.29) is 10.8 Å². The Hall–Kier alpha value is -0.590. The monoisotopic (exact) mass is 325 g/mol. The molecule has 0 bridgehead atoms. The molecule has 16 heavy (non-hydrogen) atoms. The van der Waals surface area contributed by atoms with Gasteiger partial charge >= 0.3 is 0 Å². The van der Waals surface area contributed by atoms with Crippen molar-refractivity contribution in [2.24, 2.45) is 0 Å². The summed E-state index contributed by atoms with van der Waals surface area (Å²) in [6.07, 6.45) is 0.354. The fourth-order valence-corrected chi connectivity index (χ4v) is 3.25. The third kappa shape index (κ3) is 3.47. The van der Waals surface area contributed by atoms with Crippen molar-refractivity contribution in [2.45, 2.75) is 18.2 Å². The van der Waals surface area contributed by atoms with Gasteiger partial charge in [-0.2, -0.15) is 0 Å². The topological polar surface area (TPSA) is 63.2 Å². The number of hydrogen-bond donors (Lipinski definition) is 1. The van der Waals surface area contributed by atoms with Crippen LogP contribution >= 0.6 is 26.6 Å². The number of benzene rings is 1. The summed E-state index contributed by atoms with van der Waals surface area (Å²) in [4.78, 5) is 11.1. The predicted molar refractivity (Wildman–Crippen MR) is 66.1 cm³/mol. The van der Waals surface area contributed by atoms with Crippen LogP contribution < -0.4 is 5.32 Å². The molecule has 4 nitrogen and oxygen atoms in total. The maximum absolute atomic E-state index is 11.1. The second-order valence-electron chi connectivity index (χ2n) is 2.98. The molecule has 0 radical (unpaired) electrons. The molecule has 0 atom stereocenters. The lowest BCUT2D eigenvalue weighted by Gasteiger charge is -2.06. The average molecular weight is 327 g/mol. The number of carbonyl (C=O) groups excluding carboxylic acids is 1. The Kier molecular flexibility index (Phi) is 4.35. The molecule has 0 spiro atoms. The van der Waals surface area contributed by atoms with E-state index in [0.717, 1.165) is 0 Å². The van der Waals surface area contributed by atoms with Crippen molar-refractivity contribution in [3.05, 3.63) is 22.7 Å². The molecule has 7 heteroatoms. The highest BCUT2D eigenvalue weighted by Gasteiger charge is 2.14. The lowest BCUT2D eigenvalue weighted by atomic mass is 10.3. The quantitative estimate of drug-likeness (QED) is 0.869. The van der Waals surface area contributed by atoms with Crippen molar-refractivity contribution in [1.82, 2.24) is 0 Å². The molecule has 1 N–H and O–H groups in total. The summed E-state index contributed by atoms with van der Waals surface area (Å²) in [6.45, 7) is 1.72. The molecule has 0 aromatic heterocycles. The zero-order valence-corrected chi connectivity index (χ0v) is 11.5. The summed E-state index contributed by atoms with van der Waals surface area (Å²) in [5, 5.41) is 2.60. The fourth-order valence-electron chi connectivity index (χ4n) is 1.03. The van der Waals surface area contributed by atoms with Crippen LogP contribution in [-0.2, 0) is 13.8 Å². The van der Waals surface area contributed by atoms with Crippen LogP contribution in [0.4, 0.5) is 5.69 Å². The summed E-state index contributed by atoms with van der Waals surface area (Å²) >= 11 is 3.08. The largest absolute Gasteiger partial charge is 0.326 e. The van der Waals surface area contributed by atoms with Gasteiger partial charge in [-0.3, -0.25) is 4.79 Å². The first-order valence-corrected chi connectivity index (χ1v) is 7.49. The lowest BCUT2D eigenvalue weighted by Crippen LogP contribution is -2.09. The molecule has 88 valence electrons. The highest BCUT2D eigenvalue weighted by atomic mass is 79.9. The summed E-state index contributed by atoms with van der Waals surface area (Å²) in [5.41, 5.74) is 0.516. The molecule has 0 fully saturated rings. The van der Waals surface area contributed by atoms with Gasteiger partial charge in [0.15, 0.2) is 0 Å². The molecule has 1 aromatic rings. The first-order chi connectivity index (χ1) is 7.34. The number of amides is 1. The van der Waals surface area contributed by atoms with E-state index in [2.05, 4.69) is 21.2 Å². The first kappa shape index (κ1) is 13.5. The number of halogens is 2. The van der Waals surface area contributed by atoms with E-state index in [0.29, 0.717) is 16.6 Å². The molecular formula is C9H9BrClNO3S. The third-order valence-electron chi connectivity index (χ3n) is 1.80. The van der Waals surface area contributed by atoms with Gasteiger partial charge in [0, 0.05) is 27.3 Å². The Labute approximate surface area is 107 Å². The highest BCUT2D eigenvalue weighted by Crippen LogP contribution is 2.27. The average Bonchev–Trinajstić information content (AvgIpc) is 2.15. The minimum Gasteiger partial charge on any atom is -0.326 e. The second-order valence-corrected chi connectivity index (χ2v) is 6.37. The van der Waals surface area contributed by atoms with E-state index >= 15 is 0 Å². The summed E-state index contributed by atoms with van der Waals surface area (Å²) in [5.74, 6) is -0.145. The standard InChI is InChI=1S/C9H9BrClNO3S/c1-2-9(13)12-6-3-4-8(7(10)5-6)16(11,14)15/h3-5H,2H2,1H3,(H,12,13). The number of nitrogens with one attached hydrogen (secondary N) is 1. The maximum Gasteiger partial charge on any atom is 0.262 e. The molecule has 0 heterocycles. The molecule has 0 saturated heterocycles. The van der Waals surface area contributed by atoms with Gasteiger partial charge in [-0.1, -0.05) is 6.92 Å². The van der Waals surface area contributed by atoms with Crippen molar-refractivity contribution >= 4 is 47.3 Å². The van der Waals surface area contributed by atoms with Gasteiger partial charge < -0.3 is 5.32 Å². The molecule has 0 aliphatic heterocycles. The van der Waals surface area contributed by atoms with Gasteiger partial charge in [-0.05, 0) is 34.1 Å². The molecule has 0 aliphatic rings. The van der Waals surface area contributed by atoms with Crippen molar-refractivity contribution in [2.75, 3.05) is 5.32 Å². The third-order valence-corrected chi connectivity index (χ3v) is 4.10. The zero-order valence-electron chi connectivity index (χ0n) is 8.33. The molecule has 1 aromatic carbocycles. The minimum atomic E-state index is -3.77. The van der Waals surface area contributed by atoms with Crippen LogP contribution in [0.25, 0.3) is 0 Å². The smallest absolute Gasteiger partial charge is 0.262 e. The van der Waals surface area contributed by atoms with Crippen LogP contribution in [0.1, 0.15) is 13.3 Å². The van der Waals surface area contributed by atoms with Gasteiger partial charge in [-0.15, -0.1) is 0 Å². The summed E-state index contributed by atoms with van der Waals surface area (Å²) in [7, 11) is 1.43. The van der Waals surface area contributed by atoms with E-state index in [1.807, 2.05) is 0 Å². The molecular weight excluding hydrogens is 318 g/mol.